The first-order valence-electron chi connectivity index (χ1n) is 15.9. The average molecular weight is 647 g/mol. The normalized spacial score (nSPS) is 11.6. The summed E-state index contributed by atoms with van der Waals surface area (Å²) < 4.78 is 12.5. The van der Waals surface area contributed by atoms with Crippen molar-refractivity contribution in [1.82, 2.24) is 40.3 Å². The van der Waals surface area contributed by atoms with Gasteiger partial charge in [-0.1, -0.05) is 78.9 Å². The molecule has 0 spiro atoms. The van der Waals surface area contributed by atoms with Crippen molar-refractivity contribution in [3.05, 3.63) is 134 Å². The molecule has 0 N–H and O–H groups in total. The van der Waals surface area contributed by atoms with Crippen LogP contribution >= 0.6 is 0 Å². The van der Waals surface area contributed by atoms with Crippen molar-refractivity contribution in [1.29, 1.82) is 0 Å². The number of rotatable bonds is 5. The maximum atomic E-state index is 6.26. The van der Waals surface area contributed by atoms with Gasteiger partial charge in [-0.3, -0.25) is 9.97 Å². The van der Waals surface area contributed by atoms with Crippen LogP contribution in [0.25, 0.3) is 101 Å². The van der Waals surface area contributed by atoms with Crippen molar-refractivity contribution >= 4 is 43.6 Å². The number of hydrogen-bond acceptors (Lipinski definition) is 10. The Bertz CT molecular complexity index is 2730. The molecule has 0 bridgehead atoms. The van der Waals surface area contributed by atoms with E-state index >= 15 is 0 Å². The van der Waals surface area contributed by atoms with Gasteiger partial charge in [-0.25, -0.2) is 9.97 Å². The number of fused-ring (bicyclic) bond motifs is 6. The third-order valence-corrected chi connectivity index (χ3v) is 8.69. The maximum Gasteiger partial charge on any atom is 0.266 e. The summed E-state index contributed by atoms with van der Waals surface area (Å²) in [5.74, 6) is 1.25. The number of aromatic nitrogens is 8. The summed E-state index contributed by atoms with van der Waals surface area (Å²) in [6.45, 7) is 0. The first-order valence-corrected chi connectivity index (χ1v) is 15.9. The van der Waals surface area contributed by atoms with Crippen LogP contribution in [-0.4, -0.2) is 40.3 Å². The van der Waals surface area contributed by atoms with E-state index in [-0.39, 0.29) is 0 Å². The fourth-order valence-corrected chi connectivity index (χ4v) is 6.24. The molecule has 0 radical (unpaired) electrons. The second kappa shape index (κ2) is 11.2. The minimum absolute atomic E-state index is 0.297. The van der Waals surface area contributed by atoms with Crippen LogP contribution in [0.2, 0.25) is 0 Å². The molecule has 0 aliphatic carbocycles. The van der Waals surface area contributed by atoms with Gasteiger partial charge in [0.15, 0.2) is 0 Å². The van der Waals surface area contributed by atoms with E-state index in [2.05, 4.69) is 30.4 Å². The summed E-state index contributed by atoms with van der Waals surface area (Å²) >= 11 is 0. The predicted molar refractivity (Wildman–Crippen MR) is 191 cm³/mol. The first kappa shape index (κ1) is 27.9. The first-order chi connectivity index (χ1) is 24.7. The molecule has 10 nitrogen and oxygen atoms in total. The predicted octanol–water partition coefficient (Wildman–Crippen LogP) is 8.98. The summed E-state index contributed by atoms with van der Waals surface area (Å²) in [7, 11) is 0. The van der Waals surface area contributed by atoms with Gasteiger partial charge in [0, 0.05) is 45.1 Å². The Kier molecular flexibility index (Phi) is 6.25. The van der Waals surface area contributed by atoms with Crippen molar-refractivity contribution in [3.8, 4) is 57.2 Å². The summed E-state index contributed by atoms with van der Waals surface area (Å²) in [5.41, 5.74) is 7.58. The molecule has 50 heavy (non-hydrogen) atoms. The Balaban J connectivity index is 1.05. The Morgan fingerprint density at radius 1 is 0.340 bits per heavy atom. The van der Waals surface area contributed by atoms with E-state index in [1.807, 2.05) is 121 Å². The molecule has 0 aliphatic rings. The van der Waals surface area contributed by atoms with Gasteiger partial charge in [0.1, 0.15) is 11.4 Å². The zero-order valence-electron chi connectivity index (χ0n) is 26.1. The third-order valence-electron chi connectivity index (χ3n) is 8.69. The molecular weight excluding hydrogens is 624 g/mol. The molecule has 0 amide bonds. The topological polar surface area (TPSA) is 129 Å². The summed E-state index contributed by atoms with van der Waals surface area (Å²) in [6, 6.07) is 39.7. The van der Waals surface area contributed by atoms with E-state index in [0.717, 1.165) is 54.7 Å². The van der Waals surface area contributed by atoms with Gasteiger partial charge < -0.3 is 8.83 Å². The summed E-state index contributed by atoms with van der Waals surface area (Å²) in [4.78, 5) is 18.9. The van der Waals surface area contributed by atoms with Gasteiger partial charge in [-0.2, -0.15) is 0 Å². The molecule has 0 fully saturated rings. The standard InChI is InChI=1S/C40H22N8O2/c1-2-6-23(7-3-1)28-20-29(37-45-47-39(49-37)31-16-14-26-12-10-24-8-4-18-41-33(24)35(26)43-31)22-30(21-28)38-46-48-40(50-38)32-17-15-27-13-11-25-9-5-19-42-34(25)36(27)44-32/h1-22H. The smallest absolute Gasteiger partial charge is 0.266 e. The fourth-order valence-electron chi connectivity index (χ4n) is 6.24. The zero-order valence-corrected chi connectivity index (χ0v) is 26.1. The fraction of sp³-hybridized carbons (Fsp3) is 0. The number of benzene rings is 4. The van der Waals surface area contributed by atoms with Gasteiger partial charge in [0.2, 0.25) is 11.8 Å². The van der Waals surface area contributed by atoms with E-state index in [1.165, 1.54) is 0 Å². The lowest BCUT2D eigenvalue weighted by molar-refractivity contribution is 0.580. The number of nitrogens with zero attached hydrogens (tertiary/aromatic N) is 8. The highest BCUT2D eigenvalue weighted by atomic mass is 16.4. The van der Waals surface area contributed by atoms with Gasteiger partial charge in [-0.15, -0.1) is 20.4 Å². The maximum absolute atomic E-state index is 6.26. The molecule has 0 atom stereocenters. The second-order valence-electron chi connectivity index (χ2n) is 11.8. The molecule has 4 aromatic carbocycles. The molecule has 0 saturated carbocycles. The molecule has 6 heterocycles. The monoisotopic (exact) mass is 646 g/mol. The molecule has 0 unspecified atom stereocenters. The molecule has 10 aromatic rings. The molecule has 6 aromatic heterocycles. The Morgan fingerprint density at radius 2 is 0.780 bits per heavy atom. The summed E-state index contributed by atoms with van der Waals surface area (Å²) in [6.07, 6.45) is 3.53. The molecule has 234 valence electrons. The molecule has 0 aliphatic heterocycles. The molecule has 10 heteroatoms. The third kappa shape index (κ3) is 4.74. The van der Waals surface area contributed by atoms with Crippen molar-refractivity contribution in [2.45, 2.75) is 0 Å². The largest absolute Gasteiger partial charge is 0.415 e. The molecular formula is C40H22N8O2. The van der Waals surface area contributed by atoms with Gasteiger partial charge >= 0.3 is 0 Å². The lowest BCUT2D eigenvalue weighted by Crippen LogP contribution is -1.88. The van der Waals surface area contributed by atoms with Crippen LogP contribution in [0.15, 0.2) is 143 Å². The quantitative estimate of drug-likeness (QED) is 0.167. The van der Waals surface area contributed by atoms with Crippen molar-refractivity contribution < 1.29 is 8.83 Å². The average Bonchev–Trinajstić information content (AvgIpc) is 3.89. The Labute approximate surface area is 283 Å². The van der Waals surface area contributed by atoms with Crippen molar-refractivity contribution in [3.63, 3.8) is 0 Å². The number of hydrogen-bond donors (Lipinski definition) is 0. The van der Waals surface area contributed by atoms with Crippen LogP contribution in [0.1, 0.15) is 0 Å². The molecule has 0 saturated heterocycles. The van der Waals surface area contributed by atoms with Crippen LogP contribution in [-0.2, 0) is 0 Å². The highest BCUT2D eigenvalue weighted by molar-refractivity contribution is 6.04. The van der Waals surface area contributed by atoms with Crippen LogP contribution in [0, 0.1) is 0 Å². The van der Waals surface area contributed by atoms with Gasteiger partial charge in [0.05, 0.1) is 22.1 Å². The number of pyridine rings is 4. The van der Waals surface area contributed by atoms with Gasteiger partial charge in [0.25, 0.3) is 11.8 Å². The van der Waals surface area contributed by atoms with Crippen LogP contribution in [0.4, 0.5) is 0 Å². The highest BCUT2D eigenvalue weighted by Crippen LogP contribution is 2.35. The SMILES string of the molecule is c1ccc(-c2cc(-c3nnc(-c4ccc5ccc6cccnc6c5n4)o3)cc(-c3nnc(-c4ccc5ccc6cccnc6c5n4)o3)c2)cc1. The lowest BCUT2D eigenvalue weighted by atomic mass is 9.99. The van der Waals surface area contributed by atoms with Gasteiger partial charge in [-0.05, 0) is 53.6 Å². The van der Waals surface area contributed by atoms with Crippen molar-refractivity contribution in [2.75, 3.05) is 0 Å². The van der Waals surface area contributed by atoms with Crippen molar-refractivity contribution in [2.24, 2.45) is 0 Å². The van der Waals surface area contributed by atoms with Crippen LogP contribution in [0.5, 0.6) is 0 Å². The summed E-state index contributed by atoms with van der Waals surface area (Å²) in [5, 5.41) is 21.6. The highest BCUT2D eigenvalue weighted by Gasteiger charge is 2.19. The zero-order chi connectivity index (χ0) is 33.0. The van der Waals surface area contributed by atoms with E-state index in [4.69, 9.17) is 18.8 Å². The lowest BCUT2D eigenvalue weighted by Gasteiger charge is -2.07. The van der Waals surface area contributed by atoms with E-state index in [1.54, 1.807) is 12.4 Å². The minimum Gasteiger partial charge on any atom is -0.415 e. The Hall–Kier alpha value is -7.20. The van der Waals surface area contributed by atoms with E-state index < -0.39 is 0 Å². The Morgan fingerprint density at radius 3 is 1.30 bits per heavy atom. The van der Waals surface area contributed by atoms with E-state index in [0.29, 0.717) is 46.1 Å². The van der Waals surface area contributed by atoms with Crippen LogP contribution in [0.3, 0.4) is 0 Å². The second-order valence-corrected chi connectivity index (χ2v) is 11.8. The minimum atomic E-state index is 0.297. The molecule has 10 rings (SSSR count). The van der Waals surface area contributed by atoms with E-state index in [9.17, 15) is 0 Å². The van der Waals surface area contributed by atoms with Crippen LogP contribution < -0.4 is 0 Å².